The molecule has 0 aliphatic rings. The molecule has 31 heavy (non-hydrogen) atoms. The minimum Gasteiger partial charge on any atom is -0.366 e. The van der Waals surface area contributed by atoms with E-state index in [-0.39, 0.29) is 5.92 Å². The summed E-state index contributed by atoms with van der Waals surface area (Å²) in [5.74, 6) is -0.730. The van der Waals surface area contributed by atoms with Crippen LogP contribution in [0.25, 0.3) is 0 Å². The second-order valence-corrected chi connectivity index (χ2v) is 7.94. The van der Waals surface area contributed by atoms with Crippen LogP contribution < -0.4 is 0 Å². The molecular weight excluding hydrogens is 394 g/mol. The third kappa shape index (κ3) is 14.5. The molecule has 0 aromatic heterocycles. The molecule has 188 valence electrons. The summed E-state index contributed by atoms with van der Waals surface area (Å²) in [7, 11) is 0. The van der Waals surface area contributed by atoms with Gasteiger partial charge >= 0.3 is 0 Å². The van der Waals surface area contributed by atoms with E-state index in [1.165, 1.54) is 38.5 Å². The average Bonchev–Trinajstić information content (AvgIpc) is 2.76. The van der Waals surface area contributed by atoms with E-state index in [2.05, 4.69) is 11.8 Å². The van der Waals surface area contributed by atoms with E-state index in [9.17, 15) is 0 Å². The van der Waals surface area contributed by atoms with Crippen molar-refractivity contribution in [2.45, 2.75) is 105 Å². The Labute approximate surface area is 193 Å². The summed E-state index contributed by atoms with van der Waals surface area (Å²) in [6, 6.07) is 0. The number of hydrogen-bond acceptors (Lipinski definition) is 6. The Bertz CT molecular complexity index is 345. The molecular formula is C25H53NO5. The number of hydrogen-bond donors (Lipinski definition) is 0. The van der Waals surface area contributed by atoms with Crippen molar-refractivity contribution < 1.29 is 23.7 Å². The average molecular weight is 448 g/mol. The van der Waals surface area contributed by atoms with E-state index >= 15 is 0 Å². The summed E-state index contributed by atoms with van der Waals surface area (Å²) < 4.78 is 29.7. The van der Waals surface area contributed by atoms with Crippen molar-refractivity contribution in [1.29, 1.82) is 0 Å². The highest BCUT2D eigenvalue weighted by Gasteiger charge is 2.41. The van der Waals surface area contributed by atoms with Gasteiger partial charge in [-0.1, -0.05) is 45.4 Å². The molecule has 6 heteroatoms. The highest BCUT2D eigenvalue weighted by molar-refractivity contribution is 4.73. The monoisotopic (exact) mass is 447 g/mol. The molecule has 0 spiro atoms. The predicted octanol–water partition coefficient (Wildman–Crippen LogP) is 6.19. The van der Waals surface area contributed by atoms with Crippen LogP contribution >= 0.6 is 0 Å². The smallest absolute Gasteiger partial charge is 0.285 e. The van der Waals surface area contributed by atoms with Gasteiger partial charge in [0.25, 0.3) is 5.97 Å². The Kier molecular flexibility index (Phi) is 21.4. The standard InChI is InChI=1S/C25H53NO5/c1-7-13-14-15-16-17-19-24(25(29-10-4,30-11-5)31-12-6)20-18-21-26(22-27-8-2)23-28-9-3/h24H,7-23H2,1-6H3. The summed E-state index contributed by atoms with van der Waals surface area (Å²) in [5, 5.41) is 0. The maximum Gasteiger partial charge on any atom is 0.285 e. The lowest BCUT2D eigenvalue weighted by molar-refractivity contribution is -0.403. The molecule has 0 heterocycles. The van der Waals surface area contributed by atoms with Crippen molar-refractivity contribution in [2.75, 3.05) is 53.0 Å². The van der Waals surface area contributed by atoms with Crippen LogP contribution in [0.1, 0.15) is 99.3 Å². The number of unbranched alkanes of at least 4 members (excludes halogenated alkanes) is 5. The molecule has 1 unspecified atom stereocenters. The van der Waals surface area contributed by atoms with Crippen molar-refractivity contribution >= 4 is 0 Å². The van der Waals surface area contributed by atoms with E-state index in [0.717, 1.165) is 25.8 Å². The Morgan fingerprint density at radius 1 is 0.581 bits per heavy atom. The normalized spacial score (nSPS) is 13.3. The van der Waals surface area contributed by atoms with Crippen molar-refractivity contribution in [3.8, 4) is 0 Å². The first-order valence-electron chi connectivity index (χ1n) is 12.9. The minimum absolute atomic E-state index is 0.208. The molecule has 6 nitrogen and oxygen atoms in total. The highest BCUT2D eigenvalue weighted by Crippen LogP contribution is 2.34. The fourth-order valence-electron chi connectivity index (χ4n) is 3.92. The van der Waals surface area contributed by atoms with Gasteiger partial charge in [0.1, 0.15) is 13.5 Å². The maximum absolute atomic E-state index is 6.15. The second kappa shape index (κ2) is 21.6. The van der Waals surface area contributed by atoms with E-state index in [4.69, 9.17) is 23.7 Å². The third-order valence-electron chi connectivity index (χ3n) is 5.43. The molecule has 0 rings (SSSR count). The Hall–Kier alpha value is -0.240. The summed E-state index contributed by atoms with van der Waals surface area (Å²) in [4.78, 5) is 2.22. The zero-order chi connectivity index (χ0) is 23.2. The van der Waals surface area contributed by atoms with Gasteiger partial charge in [0, 0.05) is 45.5 Å². The van der Waals surface area contributed by atoms with Crippen molar-refractivity contribution in [3.63, 3.8) is 0 Å². The number of nitrogens with zero attached hydrogens (tertiary/aromatic N) is 1. The largest absolute Gasteiger partial charge is 0.366 e. The molecule has 0 aliphatic heterocycles. The van der Waals surface area contributed by atoms with E-state index in [1.807, 2.05) is 34.6 Å². The van der Waals surface area contributed by atoms with E-state index in [0.29, 0.717) is 46.5 Å². The van der Waals surface area contributed by atoms with Crippen LogP contribution in [0.5, 0.6) is 0 Å². The van der Waals surface area contributed by atoms with Gasteiger partial charge in [-0.05, 0) is 53.9 Å². The van der Waals surface area contributed by atoms with Crippen LogP contribution in [0.3, 0.4) is 0 Å². The summed E-state index contributed by atoms with van der Waals surface area (Å²) in [5.41, 5.74) is 0. The van der Waals surface area contributed by atoms with Gasteiger partial charge in [-0.25, -0.2) is 0 Å². The van der Waals surface area contributed by atoms with Gasteiger partial charge in [-0.15, -0.1) is 0 Å². The lowest BCUT2D eigenvalue weighted by atomic mass is 9.92. The number of rotatable bonds is 24. The fourth-order valence-corrected chi connectivity index (χ4v) is 3.92. The molecule has 0 aromatic rings. The zero-order valence-corrected chi connectivity index (χ0v) is 21.6. The van der Waals surface area contributed by atoms with E-state index in [1.54, 1.807) is 0 Å². The quantitative estimate of drug-likeness (QED) is 0.130. The van der Waals surface area contributed by atoms with Crippen LogP contribution in [-0.4, -0.2) is 63.9 Å². The van der Waals surface area contributed by atoms with Crippen LogP contribution in [0, 0.1) is 5.92 Å². The molecule has 0 N–H and O–H groups in total. The maximum atomic E-state index is 6.15. The zero-order valence-electron chi connectivity index (χ0n) is 21.6. The first kappa shape index (κ1) is 30.8. The van der Waals surface area contributed by atoms with Crippen LogP contribution in [0.2, 0.25) is 0 Å². The van der Waals surface area contributed by atoms with Crippen molar-refractivity contribution in [2.24, 2.45) is 5.92 Å². The van der Waals surface area contributed by atoms with Crippen LogP contribution in [-0.2, 0) is 23.7 Å². The Balaban J connectivity index is 5.03. The van der Waals surface area contributed by atoms with Gasteiger partial charge in [0.15, 0.2) is 0 Å². The van der Waals surface area contributed by atoms with Gasteiger partial charge in [-0.2, -0.15) is 0 Å². The Morgan fingerprint density at radius 2 is 1.06 bits per heavy atom. The van der Waals surface area contributed by atoms with Gasteiger partial charge in [0.05, 0.1) is 0 Å². The molecule has 1 atom stereocenters. The molecule has 0 amide bonds. The highest BCUT2D eigenvalue weighted by atomic mass is 16.9. The van der Waals surface area contributed by atoms with Gasteiger partial charge in [-0.3, -0.25) is 4.90 Å². The van der Waals surface area contributed by atoms with Gasteiger partial charge < -0.3 is 23.7 Å². The van der Waals surface area contributed by atoms with Crippen molar-refractivity contribution in [1.82, 2.24) is 4.90 Å². The first-order valence-corrected chi connectivity index (χ1v) is 12.9. The number of ether oxygens (including phenoxy) is 5. The van der Waals surface area contributed by atoms with Crippen molar-refractivity contribution in [3.05, 3.63) is 0 Å². The van der Waals surface area contributed by atoms with Crippen LogP contribution in [0.4, 0.5) is 0 Å². The molecule has 0 aliphatic carbocycles. The summed E-state index contributed by atoms with van der Waals surface area (Å²) in [6.45, 7) is 17.6. The lowest BCUT2D eigenvalue weighted by Gasteiger charge is -2.39. The summed E-state index contributed by atoms with van der Waals surface area (Å²) >= 11 is 0. The third-order valence-corrected chi connectivity index (χ3v) is 5.43. The molecule has 0 radical (unpaired) electrons. The molecule has 0 saturated carbocycles. The van der Waals surface area contributed by atoms with E-state index < -0.39 is 5.97 Å². The topological polar surface area (TPSA) is 49.4 Å². The second-order valence-electron chi connectivity index (χ2n) is 7.94. The molecule has 0 aromatic carbocycles. The molecule has 0 saturated heterocycles. The SMILES string of the molecule is CCCCCCCCC(CCCN(COCC)COCC)C(OCC)(OCC)OCC. The molecule has 0 bridgehead atoms. The van der Waals surface area contributed by atoms with Gasteiger partial charge in [0.2, 0.25) is 0 Å². The fraction of sp³-hybridized carbons (Fsp3) is 1.00. The first-order chi connectivity index (χ1) is 15.1. The Morgan fingerprint density at radius 3 is 1.55 bits per heavy atom. The summed E-state index contributed by atoms with van der Waals surface area (Å²) in [6.07, 6.45) is 10.8. The minimum atomic E-state index is -0.938. The predicted molar refractivity (Wildman–Crippen MR) is 128 cm³/mol. The van der Waals surface area contributed by atoms with Crippen LogP contribution in [0.15, 0.2) is 0 Å². The lowest BCUT2D eigenvalue weighted by Crippen LogP contribution is -2.47. The molecule has 0 fully saturated rings.